The maximum Gasteiger partial charge on any atom is 0.314 e. The van der Waals surface area contributed by atoms with E-state index in [1.54, 1.807) is 0 Å². The molecule has 0 aromatic heterocycles. The van der Waals surface area contributed by atoms with E-state index in [-0.39, 0.29) is 17.9 Å². The summed E-state index contributed by atoms with van der Waals surface area (Å²) < 4.78 is 0. The summed E-state index contributed by atoms with van der Waals surface area (Å²) in [7, 11) is 0. The predicted molar refractivity (Wildman–Crippen MR) is 78.7 cm³/mol. The van der Waals surface area contributed by atoms with Gasteiger partial charge in [-0.3, -0.25) is 4.79 Å². The van der Waals surface area contributed by atoms with Gasteiger partial charge in [0, 0.05) is 19.5 Å². The van der Waals surface area contributed by atoms with Crippen LogP contribution in [0.25, 0.3) is 0 Å². The van der Waals surface area contributed by atoms with E-state index in [1.807, 2.05) is 0 Å². The van der Waals surface area contributed by atoms with Crippen LogP contribution in [0.2, 0.25) is 0 Å². The molecule has 0 atom stereocenters. The van der Waals surface area contributed by atoms with Crippen LogP contribution in [-0.2, 0) is 4.79 Å². The van der Waals surface area contributed by atoms with Crippen molar-refractivity contribution in [3.05, 3.63) is 0 Å². The van der Waals surface area contributed by atoms with Crippen molar-refractivity contribution in [2.75, 3.05) is 13.1 Å². The molecule has 1 fully saturated rings. The number of carboxylic acids is 1. The lowest BCUT2D eigenvalue weighted by molar-refractivity contribution is -0.137. The quantitative estimate of drug-likeness (QED) is 0.570. The molecule has 0 bridgehead atoms. The number of carbonyl (C=O) groups is 2. The SMILES string of the molecule is CC1(CNC(=O)NCCCCCCC(=O)O)CCCC1. The standard InChI is InChI=1S/C15H28N2O3/c1-15(9-5-6-10-15)12-17-14(20)16-11-7-3-2-4-8-13(18)19/h2-12H2,1H3,(H,18,19)(H2,16,17,20). The van der Waals surface area contributed by atoms with Crippen molar-refractivity contribution in [3.63, 3.8) is 0 Å². The van der Waals surface area contributed by atoms with E-state index in [4.69, 9.17) is 5.11 Å². The lowest BCUT2D eigenvalue weighted by Crippen LogP contribution is -2.41. The second-order valence-corrected chi connectivity index (χ2v) is 6.19. The average Bonchev–Trinajstić information content (AvgIpc) is 2.82. The summed E-state index contributed by atoms with van der Waals surface area (Å²) in [6.45, 7) is 3.66. The van der Waals surface area contributed by atoms with Crippen molar-refractivity contribution < 1.29 is 14.7 Å². The summed E-state index contributed by atoms with van der Waals surface area (Å²) >= 11 is 0. The van der Waals surface area contributed by atoms with Gasteiger partial charge >= 0.3 is 12.0 Å². The number of hydrogen-bond donors (Lipinski definition) is 3. The molecule has 1 saturated carbocycles. The first kappa shape index (κ1) is 16.8. The van der Waals surface area contributed by atoms with Crippen molar-refractivity contribution in [1.29, 1.82) is 0 Å². The number of nitrogens with one attached hydrogen (secondary N) is 2. The van der Waals surface area contributed by atoms with E-state index < -0.39 is 5.97 Å². The summed E-state index contributed by atoms with van der Waals surface area (Å²) in [6, 6.07) is -0.0799. The van der Waals surface area contributed by atoms with Gasteiger partial charge in [0.1, 0.15) is 0 Å². The van der Waals surface area contributed by atoms with Gasteiger partial charge in [-0.15, -0.1) is 0 Å². The zero-order valence-electron chi connectivity index (χ0n) is 12.5. The first-order chi connectivity index (χ1) is 9.52. The van der Waals surface area contributed by atoms with Crippen molar-refractivity contribution in [3.8, 4) is 0 Å². The molecule has 1 aliphatic rings. The molecule has 3 N–H and O–H groups in total. The van der Waals surface area contributed by atoms with Gasteiger partial charge in [-0.1, -0.05) is 32.6 Å². The first-order valence-electron chi connectivity index (χ1n) is 7.75. The molecular formula is C15H28N2O3. The van der Waals surface area contributed by atoms with Crippen LogP contribution in [-0.4, -0.2) is 30.2 Å². The van der Waals surface area contributed by atoms with Crippen LogP contribution in [0.5, 0.6) is 0 Å². The number of hydrogen-bond acceptors (Lipinski definition) is 2. The molecule has 0 radical (unpaired) electrons. The van der Waals surface area contributed by atoms with Crippen LogP contribution < -0.4 is 10.6 Å². The highest BCUT2D eigenvalue weighted by molar-refractivity contribution is 5.73. The zero-order chi connectivity index (χ0) is 14.8. The van der Waals surface area contributed by atoms with E-state index in [1.165, 1.54) is 25.7 Å². The fourth-order valence-electron chi connectivity index (χ4n) is 2.72. The molecular weight excluding hydrogens is 256 g/mol. The second kappa shape index (κ2) is 8.82. The van der Waals surface area contributed by atoms with E-state index in [9.17, 15) is 9.59 Å². The van der Waals surface area contributed by atoms with Crippen LogP contribution in [0.1, 0.15) is 64.7 Å². The van der Waals surface area contributed by atoms with Crippen LogP contribution >= 0.6 is 0 Å². The highest BCUT2D eigenvalue weighted by Crippen LogP contribution is 2.36. The monoisotopic (exact) mass is 284 g/mol. The minimum Gasteiger partial charge on any atom is -0.481 e. The highest BCUT2D eigenvalue weighted by atomic mass is 16.4. The van der Waals surface area contributed by atoms with Gasteiger partial charge in [0.2, 0.25) is 0 Å². The van der Waals surface area contributed by atoms with Gasteiger partial charge < -0.3 is 15.7 Å². The van der Waals surface area contributed by atoms with Gasteiger partial charge in [0.05, 0.1) is 0 Å². The molecule has 116 valence electrons. The van der Waals surface area contributed by atoms with Crippen LogP contribution in [0, 0.1) is 5.41 Å². The number of amides is 2. The predicted octanol–water partition coefficient (Wildman–Crippen LogP) is 2.90. The number of aliphatic carboxylic acids is 1. The van der Waals surface area contributed by atoms with Gasteiger partial charge in [-0.25, -0.2) is 4.79 Å². The van der Waals surface area contributed by atoms with Crippen molar-refractivity contribution >= 4 is 12.0 Å². The molecule has 2 amide bonds. The molecule has 0 aliphatic heterocycles. The van der Waals surface area contributed by atoms with E-state index in [0.29, 0.717) is 6.54 Å². The average molecular weight is 284 g/mol. The van der Waals surface area contributed by atoms with Gasteiger partial charge in [0.15, 0.2) is 0 Å². The Bertz CT molecular complexity index is 312. The fraction of sp³-hybridized carbons (Fsp3) is 0.867. The Balaban J connectivity index is 1.93. The van der Waals surface area contributed by atoms with Crippen LogP contribution in [0.15, 0.2) is 0 Å². The molecule has 0 heterocycles. The van der Waals surface area contributed by atoms with Gasteiger partial charge in [-0.2, -0.15) is 0 Å². The lowest BCUT2D eigenvalue weighted by Gasteiger charge is -2.23. The molecule has 5 nitrogen and oxygen atoms in total. The molecule has 0 saturated heterocycles. The third kappa shape index (κ3) is 7.36. The Morgan fingerprint density at radius 1 is 1.05 bits per heavy atom. The molecule has 1 rings (SSSR count). The summed E-state index contributed by atoms with van der Waals surface area (Å²) in [4.78, 5) is 21.9. The second-order valence-electron chi connectivity index (χ2n) is 6.19. The number of rotatable bonds is 9. The van der Waals surface area contributed by atoms with Gasteiger partial charge in [0.25, 0.3) is 0 Å². The molecule has 0 aromatic rings. The van der Waals surface area contributed by atoms with Crippen LogP contribution in [0.4, 0.5) is 4.79 Å². The third-order valence-electron chi connectivity index (χ3n) is 4.09. The molecule has 20 heavy (non-hydrogen) atoms. The Morgan fingerprint density at radius 2 is 1.70 bits per heavy atom. The molecule has 5 heteroatoms. The van der Waals surface area contributed by atoms with Gasteiger partial charge in [-0.05, 0) is 31.1 Å². The van der Waals surface area contributed by atoms with E-state index in [0.717, 1.165) is 32.2 Å². The Kier molecular flexibility index (Phi) is 7.41. The number of unbranched alkanes of at least 4 members (excludes halogenated alkanes) is 3. The highest BCUT2D eigenvalue weighted by Gasteiger charge is 2.28. The summed E-state index contributed by atoms with van der Waals surface area (Å²) in [5.74, 6) is -0.733. The molecule has 0 aromatic carbocycles. The smallest absolute Gasteiger partial charge is 0.314 e. The Hall–Kier alpha value is -1.26. The third-order valence-corrected chi connectivity index (χ3v) is 4.09. The maximum atomic E-state index is 11.6. The van der Waals surface area contributed by atoms with E-state index >= 15 is 0 Å². The summed E-state index contributed by atoms with van der Waals surface area (Å²) in [5, 5.41) is 14.3. The molecule has 0 spiro atoms. The fourth-order valence-corrected chi connectivity index (χ4v) is 2.72. The molecule has 1 aliphatic carbocycles. The van der Waals surface area contributed by atoms with Crippen molar-refractivity contribution in [1.82, 2.24) is 10.6 Å². The molecule has 0 unspecified atom stereocenters. The number of carboxylic acid groups (broad SMARTS) is 1. The number of carbonyl (C=O) groups excluding carboxylic acids is 1. The Labute approximate surface area is 121 Å². The largest absolute Gasteiger partial charge is 0.481 e. The van der Waals surface area contributed by atoms with Crippen LogP contribution in [0.3, 0.4) is 0 Å². The van der Waals surface area contributed by atoms with Crippen molar-refractivity contribution in [2.24, 2.45) is 5.41 Å². The maximum absolute atomic E-state index is 11.6. The first-order valence-corrected chi connectivity index (χ1v) is 7.75. The summed E-state index contributed by atoms with van der Waals surface area (Å²) in [5.41, 5.74) is 0.286. The Morgan fingerprint density at radius 3 is 2.35 bits per heavy atom. The lowest BCUT2D eigenvalue weighted by atomic mass is 9.89. The normalized spacial score (nSPS) is 16.9. The zero-order valence-corrected chi connectivity index (χ0v) is 12.5. The van der Waals surface area contributed by atoms with E-state index in [2.05, 4.69) is 17.6 Å². The van der Waals surface area contributed by atoms with Crippen molar-refractivity contribution in [2.45, 2.75) is 64.7 Å². The minimum atomic E-state index is -0.733. The number of urea groups is 1. The summed E-state index contributed by atoms with van der Waals surface area (Å²) in [6.07, 6.45) is 8.70. The topological polar surface area (TPSA) is 78.4 Å². The minimum absolute atomic E-state index is 0.0799.